The molecule has 0 fully saturated rings. The number of para-hydroxylation sites is 2. The molecule has 0 aromatic heterocycles. The van der Waals surface area contributed by atoms with Gasteiger partial charge in [0.05, 0.1) is 29.1 Å². The number of hydrogen-bond donors (Lipinski definition) is 3. The molecule has 0 aliphatic heterocycles. The van der Waals surface area contributed by atoms with Crippen LogP contribution in [0.5, 0.6) is 0 Å². The number of hydrazone groups is 1. The van der Waals surface area contributed by atoms with Crippen LogP contribution in [0.1, 0.15) is 25.8 Å². The molecule has 0 aliphatic rings. The predicted molar refractivity (Wildman–Crippen MR) is 112 cm³/mol. The number of anilines is 2. The largest absolute Gasteiger partial charge is 0.325 e. The summed E-state index contributed by atoms with van der Waals surface area (Å²) in [6, 6.07) is 12.4. The first-order valence-electron chi connectivity index (χ1n) is 8.96. The Kier molecular flexibility index (Phi) is 7.74. The summed E-state index contributed by atoms with van der Waals surface area (Å²) in [6.45, 7) is 2.96. The zero-order chi connectivity index (χ0) is 22.1. The van der Waals surface area contributed by atoms with E-state index in [1.165, 1.54) is 31.2 Å². The molecule has 0 radical (unpaired) electrons. The lowest BCUT2D eigenvalue weighted by molar-refractivity contribution is -0.384. The van der Waals surface area contributed by atoms with Crippen LogP contribution in [0.15, 0.2) is 53.6 Å². The van der Waals surface area contributed by atoms with Gasteiger partial charge in [0.15, 0.2) is 0 Å². The predicted octanol–water partition coefficient (Wildman–Crippen LogP) is 2.62. The highest BCUT2D eigenvalue weighted by Crippen LogP contribution is 2.21. The van der Waals surface area contributed by atoms with Crippen molar-refractivity contribution >= 4 is 40.5 Å². The second kappa shape index (κ2) is 10.5. The van der Waals surface area contributed by atoms with E-state index in [1.54, 1.807) is 31.2 Å². The van der Waals surface area contributed by atoms with Crippen LogP contribution in [0, 0.1) is 10.1 Å². The molecule has 10 nitrogen and oxygen atoms in total. The lowest BCUT2D eigenvalue weighted by atomic mass is 10.1. The number of nitro groups is 1. The van der Waals surface area contributed by atoms with Gasteiger partial charge < -0.3 is 10.6 Å². The number of amides is 3. The Labute approximate surface area is 172 Å². The summed E-state index contributed by atoms with van der Waals surface area (Å²) in [5.41, 5.74) is 4.20. The van der Waals surface area contributed by atoms with Gasteiger partial charge in [-0.15, -0.1) is 0 Å². The van der Waals surface area contributed by atoms with Crippen LogP contribution in [0.4, 0.5) is 17.1 Å². The molecule has 2 aromatic carbocycles. The van der Waals surface area contributed by atoms with Gasteiger partial charge in [-0.25, -0.2) is 5.43 Å². The van der Waals surface area contributed by atoms with Crippen molar-refractivity contribution in [2.24, 2.45) is 5.10 Å². The number of carbonyl (C=O) groups is 3. The summed E-state index contributed by atoms with van der Waals surface area (Å²) >= 11 is 0. The van der Waals surface area contributed by atoms with Crippen LogP contribution in [-0.2, 0) is 20.8 Å². The lowest BCUT2D eigenvalue weighted by Crippen LogP contribution is -2.23. The first kappa shape index (κ1) is 22.2. The number of nitrogens with one attached hydrogen (secondary N) is 3. The molecule has 3 N–H and O–H groups in total. The number of nitro benzene ring substituents is 1. The Bertz CT molecular complexity index is 985. The number of rotatable bonds is 8. The Balaban J connectivity index is 1.87. The van der Waals surface area contributed by atoms with Crippen molar-refractivity contribution < 1.29 is 19.3 Å². The number of nitrogens with zero attached hydrogens (tertiary/aromatic N) is 2. The van der Waals surface area contributed by atoms with Crippen molar-refractivity contribution in [2.75, 3.05) is 10.6 Å². The van der Waals surface area contributed by atoms with Gasteiger partial charge in [0, 0.05) is 24.8 Å². The molecule has 2 rings (SSSR count). The summed E-state index contributed by atoms with van der Waals surface area (Å²) < 4.78 is 0. The smallest absolute Gasteiger partial charge is 0.269 e. The van der Waals surface area contributed by atoms with E-state index in [9.17, 15) is 24.5 Å². The van der Waals surface area contributed by atoms with E-state index < -0.39 is 10.8 Å². The molecule has 0 saturated heterocycles. The number of carbonyl (C=O) groups excluding carboxylic acids is 3. The van der Waals surface area contributed by atoms with E-state index in [1.807, 2.05) is 0 Å². The zero-order valence-electron chi connectivity index (χ0n) is 16.5. The molecular formula is C20H21N5O5. The molecule has 0 saturated carbocycles. The van der Waals surface area contributed by atoms with Gasteiger partial charge in [-0.3, -0.25) is 24.5 Å². The normalized spacial score (nSPS) is 10.8. The van der Waals surface area contributed by atoms with Crippen LogP contribution >= 0.6 is 0 Å². The minimum absolute atomic E-state index is 0.00887. The van der Waals surface area contributed by atoms with E-state index in [4.69, 9.17) is 0 Å². The maximum atomic E-state index is 12.2. The SMILES string of the molecule is CC(=O)Nc1ccccc1NC(=O)C/C(C)=N/NC(=O)Cc1ccc([N+](=O)[O-])cc1. The molecular weight excluding hydrogens is 390 g/mol. The fourth-order valence-electron chi connectivity index (χ4n) is 2.48. The minimum Gasteiger partial charge on any atom is -0.325 e. The van der Waals surface area contributed by atoms with Crippen molar-refractivity contribution in [3.05, 3.63) is 64.2 Å². The maximum Gasteiger partial charge on any atom is 0.269 e. The summed E-state index contributed by atoms with van der Waals surface area (Å²) in [6.07, 6.45) is -0.0721. The summed E-state index contributed by atoms with van der Waals surface area (Å²) in [4.78, 5) is 45.5. The van der Waals surface area contributed by atoms with Crippen molar-refractivity contribution in [3.63, 3.8) is 0 Å². The highest BCUT2D eigenvalue weighted by molar-refractivity contribution is 6.07. The number of non-ortho nitro benzene ring substituents is 1. The van der Waals surface area contributed by atoms with Gasteiger partial charge in [0.1, 0.15) is 0 Å². The Morgan fingerprint density at radius 2 is 1.53 bits per heavy atom. The fourth-order valence-corrected chi connectivity index (χ4v) is 2.48. The molecule has 10 heteroatoms. The molecule has 30 heavy (non-hydrogen) atoms. The third-order valence-corrected chi connectivity index (χ3v) is 3.81. The molecule has 0 atom stereocenters. The van der Waals surface area contributed by atoms with Gasteiger partial charge in [-0.1, -0.05) is 24.3 Å². The second-order valence-corrected chi connectivity index (χ2v) is 6.43. The summed E-state index contributed by atoms with van der Waals surface area (Å²) in [7, 11) is 0. The van der Waals surface area contributed by atoms with Gasteiger partial charge in [-0.2, -0.15) is 5.10 Å². The molecule has 0 unspecified atom stereocenters. The maximum absolute atomic E-state index is 12.2. The van der Waals surface area contributed by atoms with Crippen LogP contribution in [-0.4, -0.2) is 28.4 Å². The van der Waals surface area contributed by atoms with E-state index in [2.05, 4.69) is 21.2 Å². The minimum atomic E-state index is -0.517. The topological polar surface area (TPSA) is 143 Å². The van der Waals surface area contributed by atoms with Crippen LogP contribution in [0.25, 0.3) is 0 Å². The van der Waals surface area contributed by atoms with Crippen molar-refractivity contribution in [1.82, 2.24) is 5.43 Å². The third-order valence-electron chi connectivity index (χ3n) is 3.81. The molecule has 156 valence electrons. The molecule has 0 bridgehead atoms. The van der Waals surface area contributed by atoms with Gasteiger partial charge in [0.2, 0.25) is 17.7 Å². The molecule has 0 aliphatic carbocycles. The van der Waals surface area contributed by atoms with Crippen molar-refractivity contribution in [2.45, 2.75) is 26.7 Å². The first-order valence-corrected chi connectivity index (χ1v) is 8.96. The number of benzene rings is 2. The average molecular weight is 411 g/mol. The van der Waals surface area contributed by atoms with Crippen molar-refractivity contribution in [3.8, 4) is 0 Å². The Morgan fingerprint density at radius 3 is 2.10 bits per heavy atom. The monoisotopic (exact) mass is 411 g/mol. The van der Waals surface area contributed by atoms with E-state index in [0.29, 0.717) is 22.6 Å². The Morgan fingerprint density at radius 1 is 0.933 bits per heavy atom. The van der Waals surface area contributed by atoms with E-state index in [0.717, 1.165) is 0 Å². The summed E-state index contributed by atoms with van der Waals surface area (Å²) in [5, 5.41) is 19.8. The standard InChI is InChI=1S/C20H21N5O5/c1-13(11-19(27)22-18-6-4-3-5-17(18)21-14(2)26)23-24-20(28)12-15-7-9-16(10-8-15)25(29)30/h3-10H,11-12H2,1-2H3,(H,21,26)(H,22,27)(H,24,28)/b23-13+. The first-order chi connectivity index (χ1) is 14.2. The fraction of sp³-hybridized carbons (Fsp3) is 0.200. The van der Waals surface area contributed by atoms with Gasteiger partial charge in [0.25, 0.3) is 5.69 Å². The van der Waals surface area contributed by atoms with Crippen molar-refractivity contribution in [1.29, 1.82) is 0 Å². The molecule has 3 amide bonds. The highest BCUT2D eigenvalue weighted by atomic mass is 16.6. The van der Waals surface area contributed by atoms with Crippen LogP contribution in [0.3, 0.4) is 0 Å². The molecule has 2 aromatic rings. The second-order valence-electron chi connectivity index (χ2n) is 6.43. The third kappa shape index (κ3) is 7.15. The van der Waals surface area contributed by atoms with Crippen LogP contribution < -0.4 is 16.1 Å². The lowest BCUT2D eigenvalue weighted by Gasteiger charge is -2.11. The van der Waals surface area contributed by atoms with E-state index >= 15 is 0 Å². The van der Waals surface area contributed by atoms with Gasteiger partial charge in [-0.05, 0) is 24.6 Å². The Hall–Kier alpha value is -4.08. The van der Waals surface area contributed by atoms with E-state index in [-0.39, 0.29) is 30.3 Å². The number of hydrogen-bond acceptors (Lipinski definition) is 6. The van der Waals surface area contributed by atoms with Crippen LogP contribution in [0.2, 0.25) is 0 Å². The zero-order valence-corrected chi connectivity index (χ0v) is 16.5. The highest BCUT2D eigenvalue weighted by Gasteiger charge is 2.10. The average Bonchev–Trinajstić information content (AvgIpc) is 2.68. The molecule has 0 heterocycles. The quantitative estimate of drug-likeness (QED) is 0.348. The summed E-state index contributed by atoms with van der Waals surface area (Å²) in [5.74, 6) is -1.04. The van der Waals surface area contributed by atoms with Gasteiger partial charge >= 0.3 is 0 Å². The molecule has 0 spiro atoms.